The highest BCUT2D eigenvalue weighted by molar-refractivity contribution is 6.05. The Bertz CT molecular complexity index is 2130. The van der Waals surface area contributed by atoms with Gasteiger partial charge in [-0.25, -0.2) is 0 Å². The van der Waals surface area contributed by atoms with Crippen LogP contribution in [0, 0.1) is 6.92 Å². The lowest BCUT2D eigenvalue weighted by molar-refractivity contribution is 1.26. The summed E-state index contributed by atoms with van der Waals surface area (Å²) in [5.74, 6) is 0. The van der Waals surface area contributed by atoms with Gasteiger partial charge in [0, 0.05) is 28.2 Å². The van der Waals surface area contributed by atoms with Crippen LogP contribution < -0.4 is 15.5 Å². The van der Waals surface area contributed by atoms with Crippen LogP contribution in [0.2, 0.25) is 0 Å². The van der Waals surface area contributed by atoms with E-state index in [0.717, 1.165) is 50.9 Å². The Kier molecular flexibility index (Phi) is 6.85. The summed E-state index contributed by atoms with van der Waals surface area (Å²) in [5.41, 5.74) is 22.3. The number of benzene rings is 7. The normalized spacial score (nSPS) is 11.6. The van der Waals surface area contributed by atoms with E-state index in [1.165, 1.54) is 27.8 Å². The van der Waals surface area contributed by atoms with Crippen LogP contribution in [0.15, 0.2) is 170 Å². The molecule has 2 N–H and O–H groups in total. The molecule has 46 heavy (non-hydrogen) atoms. The molecule has 220 valence electrons. The number of nitrogens with two attached hydrogens (primary N) is 1. The van der Waals surface area contributed by atoms with E-state index in [-0.39, 0.29) is 0 Å². The van der Waals surface area contributed by atoms with Gasteiger partial charge in [-0.15, -0.1) is 0 Å². The molecule has 3 nitrogen and oxygen atoms in total. The Morgan fingerprint density at radius 1 is 0.435 bits per heavy atom. The maximum atomic E-state index is 6.67. The van der Waals surface area contributed by atoms with Crippen molar-refractivity contribution < 1.29 is 0 Å². The molecule has 0 saturated heterocycles. The predicted octanol–water partition coefficient (Wildman–Crippen LogP) is 11.8. The molecule has 0 aliphatic carbocycles. The molecule has 8 rings (SSSR count). The highest BCUT2D eigenvalue weighted by Gasteiger charge is 2.28. The first kappa shape index (κ1) is 27.5. The predicted molar refractivity (Wildman–Crippen MR) is 195 cm³/mol. The third-order valence-electron chi connectivity index (χ3n) is 8.87. The maximum absolute atomic E-state index is 6.67. The minimum atomic E-state index is 0.745. The molecule has 0 unspecified atom stereocenters. The van der Waals surface area contributed by atoms with Crippen LogP contribution in [-0.2, 0) is 0 Å². The zero-order valence-corrected chi connectivity index (χ0v) is 25.6. The van der Waals surface area contributed by atoms with Gasteiger partial charge < -0.3 is 15.5 Å². The lowest BCUT2D eigenvalue weighted by atomic mass is 9.92. The Morgan fingerprint density at radius 2 is 0.978 bits per heavy atom. The number of anilines is 7. The zero-order valence-electron chi connectivity index (χ0n) is 25.6. The summed E-state index contributed by atoms with van der Waals surface area (Å²) in [7, 11) is 0. The second-order valence-corrected chi connectivity index (χ2v) is 11.7. The second kappa shape index (κ2) is 11.5. The lowest BCUT2D eigenvalue weighted by Gasteiger charge is -2.30. The average molecular weight is 592 g/mol. The molecule has 1 heterocycles. The molecule has 0 spiro atoms. The van der Waals surface area contributed by atoms with Crippen LogP contribution >= 0.6 is 0 Å². The SMILES string of the molecule is Cc1cccc2c1N(c1ccccc1N)c1ccc(-c3ccc(N(c4ccccc4)c4ccccc4)cc3)cc1-c1ccccc1-2. The van der Waals surface area contributed by atoms with Gasteiger partial charge in [0.1, 0.15) is 0 Å². The number of hydrogen-bond acceptors (Lipinski definition) is 3. The Balaban J connectivity index is 1.28. The van der Waals surface area contributed by atoms with Crippen molar-refractivity contribution in [1.29, 1.82) is 0 Å². The Labute approximate surface area is 270 Å². The van der Waals surface area contributed by atoms with Gasteiger partial charge in [-0.05, 0) is 95.4 Å². The lowest BCUT2D eigenvalue weighted by Crippen LogP contribution is -2.14. The van der Waals surface area contributed by atoms with Gasteiger partial charge in [-0.3, -0.25) is 0 Å². The molecule has 0 saturated carbocycles. The highest BCUT2D eigenvalue weighted by Crippen LogP contribution is 2.53. The molecule has 0 fully saturated rings. The van der Waals surface area contributed by atoms with Crippen molar-refractivity contribution in [1.82, 2.24) is 0 Å². The molecular formula is C43H33N3. The van der Waals surface area contributed by atoms with E-state index in [0.29, 0.717) is 0 Å². The third-order valence-corrected chi connectivity index (χ3v) is 8.87. The van der Waals surface area contributed by atoms with E-state index >= 15 is 0 Å². The van der Waals surface area contributed by atoms with Crippen molar-refractivity contribution in [2.24, 2.45) is 0 Å². The fraction of sp³-hybridized carbons (Fsp3) is 0.0233. The molecule has 7 aromatic rings. The maximum Gasteiger partial charge on any atom is 0.0691 e. The van der Waals surface area contributed by atoms with E-state index in [1.807, 2.05) is 12.1 Å². The van der Waals surface area contributed by atoms with Crippen molar-refractivity contribution in [3.05, 3.63) is 175 Å². The van der Waals surface area contributed by atoms with E-state index in [4.69, 9.17) is 5.73 Å². The smallest absolute Gasteiger partial charge is 0.0691 e. The first-order valence-corrected chi connectivity index (χ1v) is 15.7. The molecule has 1 aliphatic heterocycles. The van der Waals surface area contributed by atoms with Crippen LogP contribution in [0.5, 0.6) is 0 Å². The van der Waals surface area contributed by atoms with E-state index < -0.39 is 0 Å². The van der Waals surface area contributed by atoms with Gasteiger partial charge in [0.15, 0.2) is 0 Å². The fourth-order valence-electron chi connectivity index (χ4n) is 6.72. The van der Waals surface area contributed by atoms with E-state index in [2.05, 4.69) is 174 Å². The molecular weight excluding hydrogens is 558 g/mol. The van der Waals surface area contributed by atoms with Gasteiger partial charge in [-0.2, -0.15) is 0 Å². The first-order chi connectivity index (χ1) is 22.7. The van der Waals surface area contributed by atoms with Gasteiger partial charge in [0.2, 0.25) is 0 Å². The van der Waals surface area contributed by atoms with Gasteiger partial charge in [0.25, 0.3) is 0 Å². The molecule has 7 aromatic carbocycles. The van der Waals surface area contributed by atoms with Crippen molar-refractivity contribution in [3.63, 3.8) is 0 Å². The fourth-order valence-corrected chi connectivity index (χ4v) is 6.72. The van der Waals surface area contributed by atoms with Crippen LogP contribution in [0.1, 0.15) is 5.56 Å². The number of fused-ring (bicyclic) bond motifs is 5. The quantitative estimate of drug-likeness (QED) is 0.202. The molecule has 0 atom stereocenters. The molecule has 1 aliphatic rings. The highest BCUT2D eigenvalue weighted by atomic mass is 15.2. The van der Waals surface area contributed by atoms with Crippen LogP contribution in [0.4, 0.5) is 39.8 Å². The summed E-state index contributed by atoms with van der Waals surface area (Å²) in [6.07, 6.45) is 0. The third kappa shape index (κ3) is 4.70. The summed E-state index contributed by atoms with van der Waals surface area (Å²) in [6, 6.07) is 60.2. The Morgan fingerprint density at radius 3 is 1.65 bits per heavy atom. The van der Waals surface area contributed by atoms with Gasteiger partial charge in [0.05, 0.1) is 22.7 Å². The number of rotatable bonds is 5. The Hall–Kier alpha value is -6.06. The van der Waals surface area contributed by atoms with E-state index in [9.17, 15) is 0 Å². The van der Waals surface area contributed by atoms with Crippen molar-refractivity contribution in [2.45, 2.75) is 6.92 Å². The van der Waals surface area contributed by atoms with E-state index in [1.54, 1.807) is 0 Å². The number of aryl methyl sites for hydroxylation is 1. The summed E-state index contributed by atoms with van der Waals surface area (Å²) in [4.78, 5) is 4.64. The first-order valence-electron chi connectivity index (χ1n) is 15.7. The average Bonchev–Trinajstić information content (AvgIpc) is 3.23. The van der Waals surface area contributed by atoms with Crippen LogP contribution in [0.3, 0.4) is 0 Å². The second-order valence-electron chi connectivity index (χ2n) is 11.7. The van der Waals surface area contributed by atoms with Crippen molar-refractivity contribution in [3.8, 4) is 33.4 Å². The van der Waals surface area contributed by atoms with Crippen LogP contribution in [-0.4, -0.2) is 0 Å². The summed E-state index contributed by atoms with van der Waals surface area (Å²) in [5, 5.41) is 0. The molecule has 0 bridgehead atoms. The number of para-hydroxylation sites is 5. The number of nitrogens with zero attached hydrogens (tertiary/aromatic N) is 2. The minimum absolute atomic E-state index is 0.745. The van der Waals surface area contributed by atoms with Crippen molar-refractivity contribution in [2.75, 3.05) is 15.5 Å². The number of hydrogen-bond donors (Lipinski definition) is 1. The topological polar surface area (TPSA) is 32.5 Å². The van der Waals surface area contributed by atoms with Crippen molar-refractivity contribution >= 4 is 39.8 Å². The summed E-state index contributed by atoms with van der Waals surface area (Å²) >= 11 is 0. The molecule has 0 radical (unpaired) electrons. The molecule has 3 heteroatoms. The minimum Gasteiger partial charge on any atom is -0.397 e. The van der Waals surface area contributed by atoms with Gasteiger partial charge in [-0.1, -0.05) is 109 Å². The number of nitrogen functional groups attached to an aromatic ring is 1. The molecule has 0 amide bonds. The monoisotopic (exact) mass is 591 g/mol. The molecule has 0 aromatic heterocycles. The summed E-state index contributed by atoms with van der Waals surface area (Å²) < 4.78 is 0. The standard InChI is InChI=1S/C43H33N3/c1-30-13-12-20-38-36-18-8-9-19-37(36)39-29-32(25-28-41(39)46(43(30)38)42-22-11-10-21-40(42)44)31-23-26-35(27-24-31)45(33-14-4-2-5-15-33)34-16-6-3-7-17-34/h2-29H,44H2,1H3. The van der Waals surface area contributed by atoms with Crippen LogP contribution in [0.25, 0.3) is 33.4 Å². The zero-order chi connectivity index (χ0) is 31.0. The van der Waals surface area contributed by atoms with Gasteiger partial charge >= 0.3 is 0 Å². The summed E-state index contributed by atoms with van der Waals surface area (Å²) in [6.45, 7) is 2.18. The largest absolute Gasteiger partial charge is 0.397 e.